The van der Waals surface area contributed by atoms with E-state index in [9.17, 15) is 4.79 Å². The Balaban J connectivity index is 2.23. The van der Waals surface area contributed by atoms with Crippen LogP contribution in [0, 0.1) is 13.8 Å². The molecule has 2 aromatic rings. The van der Waals surface area contributed by atoms with Gasteiger partial charge in [0, 0.05) is 5.75 Å². The Kier molecular flexibility index (Phi) is 3.69. The lowest BCUT2D eigenvalue weighted by Crippen LogP contribution is -1.95. The smallest absolute Gasteiger partial charge is 0.304 e. The first-order chi connectivity index (χ1) is 8.08. The van der Waals surface area contributed by atoms with Gasteiger partial charge in [0.05, 0.1) is 16.6 Å². The van der Waals surface area contributed by atoms with Crippen molar-refractivity contribution in [3.05, 3.63) is 23.3 Å². The van der Waals surface area contributed by atoms with E-state index in [0.717, 1.165) is 9.86 Å². The fraction of sp³-hybridized carbons (Fsp3) is 0.333. The van der Waals surface area contributed by atoms with Gasteiger partial charge in [-0.2, -0.15) is 0 Å². The van der Waals surface area contributed by atoms with Crippen molar-refractivity contribution in [1.29, 1.82) is 0 Å². The van der Waals surface area contributed by atoms with Gasteiger partial charge in [-0.05, 0) is 25.0 Å². The van der Waals surface area contributed by atoms with Gasteiger partial charge in [0.1, 0.15) is 0 Å². The van der Waals surface area contributed by atoms with Gasteiger partial charge in [-0.15, -0.1) is 11.3 Å². The highest BCUT2D eigenvalue weighted by atomic mass is 32.2. The Morgan fingerprint density at radius 3 is 2.76 bits per heavy atom. The molecular weight excluding hydrogens is 254 g/mol. The van der Waals surface area contributed by atoms with Crippen molar-refractivity contribution < 1.29 is 9.90 Å². The zero-order valence-electron chi connectivity index (χ0n) is 9.69. The van der Waals surface area contributed by atoms with E-state index in [1.54, 1.807) is 11.3 Å². The fourth-order valence-corrected chi connectivity index (χ4v) is 3.71. The van der Waals surface area contributed by atoms with Crippen molar-refractivity contribution in [3.63, 3.8) is 0 Å². The van der Waals surface area contributed by atoms with E-state index in [0.29, 0.717) is 5.75 Å². The number of thioether (sulfide) groups is 1. The number of thiazole rings is 1. The number of rotatable bonds is 4. The minimum Gasteiger partial charge on any atom is -0.481 e. The summed E-state index contributed by atoms with van der Waals surface area (Å²) in [5.74, 6) is -0.182. The average Bonchev–Trinajstić information content (AvgIpc) is 2.68. The maximum atomic E-state index is 10.4. The number of carboxylic acid groups (broad SMARTS) is 1. The lowest BCUT2D eigenvalue weighted by molar-refractivity contribution is -0.136. The normalized spacial score (nSPS) is 10.9. The Labute approximate surface area is 108 Å². The third-order valence-corrected chi connectivity index (χ3v) is 4.80. The number of benzene rings is 1. The molecule has 0 saturated heterocycles. The standard InChI is InChI=1S/C12H13NO2S2/c1-7-3-4-8(2)11-10(7)13-12(17-11)16-6-5-9(14)15/h3-4H,5-6H2,1-2H3,(H,14,15). The Morgan fingerprint density at radius 1 is 1.41 bits per heavy atom. The van der Waals surface area contributed by atoms with Gasteiger partial charge in [-0.1, -0.05) is 23.9 Å². The number of carbonyl (C=O) groups is 1. The second kappa shape index (κ2) is 5.06. The predicted molar refractivity (Wildman–Crippen MR) is 72.1 cm³/mol. The number of nitrogens with zero attached hydrogens (tertiary/aromatic N) is 1. The lowest BCUT2D eigenvalue weighted by Gasteiger charge is -1.96. The Hall–Kier alpha value is -1.07. The molecule has 0 aliphatic rings. The molecule has 5 heteroatoms. The minimum absolute atomic E-state index is 0.179. The van der Waals surface area contributed by atoms with Crippen molar-refractivity contribution in [2.24, 2.45) is 0 Å². The van der Waals surface area contributed by atoms with E-state index >= 15 is 0 Å². The Morgan fingerprint density at radius 2 is 2.12 bits per heavy atom. The van der Waals surface area contributed by atoms with Crippen LogP contribution in [0.4, 0.5) is 0 Å². The zero-order valence-corrected chi connectivity index (χ0v) is 11.3. The monoisotopic (exact) mass is 267 g/mol. The van der Waals surface area contributed by atoms with Crippen LogP contribution in [0.25, 0.3) is 10.2 Å². The molecule has 1 heterocycles. The van der Waals surface area contributed by atoms with Crippen molar-refractivity contribution >= 4 is 39.3 Å². The van der Waals surface area contributed by atoms with Crippen LogP contribution in [-0.4, -0.2) is 21.8 Å². The van der Waals surface area contributed by atoms with Crippen LogP contribution in [0.5, 0.6) is 0 Å². The summed E-state index contributed by atoms with van der Waals surface area (Å²) in [6.07, 6.45) is 0.179. The topological polar surface area (TPSA) is 50.2 Å². The van der Waals surface area contributed by atoms with Gasteiger partial charge in [0.25, 0.3) is 0 Å². The summed E-state index contributed by atoms with van der Waals surface area (Å²) >= 11 is 3.17. The average molecular weight is 267 g/mol. The molecule has 0 atom stereocenters. The summed E-state index contributed by atoms with van der Waals surface area (Å²) in [6.45, 7) is 4.12. The van der Waals surface area contributed by atoms with E-state index in [1.807, 2.05) is 6.92 Å². The first-order valence-electron chi connectivity index (χ1n) is 5.29. The summed E-state index contributed by atoms with van der Waals surface area (Å²) in [5.41, 5.74) is 3.45. The molecule has 0 aliphatic carbocycles. The largest absolute Gasteiger partial charge is 0.481 e. The summed E-state index contributed by atoms with van der Waals surface area (Å²) in [7, 11) is 0. The molecule has 17 heavy (non-hydrogen) atoms. The molecule has 3 nitrogen and oxygen atoms in total. The molecule has 0 spiro atoms. The molecule has 0 saturated carbocycles. The molecule has 1 aromatic heterocycles. The van der Waals surface area contributed by atoms with Gasteiger partial charge < -0.3 is 5.11 Å². The van der Waals surface area contributed by atoms with Crippen LogP contribution in [-0.2, 0) is 4.79 Å². The highest BCUT2D eigenvalue weighted by Crippen LogP contribution is 2.33. The number of fused-ring (bicyclic) bond motifs is 1. The van der Waals surface area contributed by atoms with Crippen molar-refractivity contribution in [1.82, 2.24) is 4.98 Å². The second-order valence-corrected chi connectivity index (χ2v) is 6.19. The van der Waals surface area contributed by atoms with E-state index in [1.165, 1.54) is 27.6 Å². The molecule has 0 unspecified atom stereocenters. The molecule has 2 rings (SSSR count). The number of aromatic nitrogens is 1. The fourth-order valence-electron chi connectivity index (χ4n) is 1.53. The van der Waals surface area contributed by atoms with Crippen LogP contribution in [0.15, 0.2) is 16.5 Å². The van der Waals surface area contributed by atoms with Crippen molar-refractivity contribution in [2.45, 2.75) is 24.6 Å². The summed E-state index contributed by atoms with van der Waals surface area (Å²) in [5, 5.41) is 8.59. The molecule has 0 amide bonds. The lowest BCUT2D eigenvalue weighted by atomic mass is 10.1. The molecule has 90 valence electrons. The molecule has 0 radical (unpaired) electrons. The van der Waals surface area contributed by atoms with Crippen LogP contribution >= 0.6 is 23.1 Å². The second-order valence-electron chi connectivity index (χ2n) is 3.85. The van der Waals surface area contributed by atoms with Gasteiger partial charge in [-0.25, -0.2) is 4.98 Å². The molecular formula is C12H13NO2S2. The highest BCUT2D eigenvalue weighted by Gasteiger charge is 2.09. The molecule has 1 aromatic carbocycles. The maximum Gasteiger partial charge on any atom is 0.304 e. The third-order valence-electron chi connectivity index (χ3n) is 2.46. The van der Waals surface area contributed by atoms with Crippen LogP contribution in [0.1, 0.15) is 17.5 Å². The van der Waals surface area contributed by atoms with E-state index in [4.69, 9.17) is 5.11 Å². The van der Waals surface area contributed by atoms with E-state index in [-0.39, 0.29) is 6.42 Å². The molecule has 1 N–H and O–H groups in total. The van der Waals surface area contributed by atoms with Crippen molar-refractivity contribution in [2.75, 3.05) is 5.75 Å². The number of aryl methyl sites for hydroxylation is 2. The number of carboxylic acids is 1. The number of aliphatic carboxylic acids is 1. The molecule has 0 bridgehead atoms. The van der Waals surface area contributed by atoms with Gasteiger partial charge in [0.2, 0.25) is 0 Å². The van der Waals surface area contributed by atoms with Crippen LogP contribution < -0.4 is 0 Å². The van der Waals surface area contributed by atoms with Gasteiger partial charge in [-0.3, -0.25) is 4.79 Å². The van der Waals surface area contributed by atoms with Gasteiger partial charge in [0.15, 0.2) is 4.34 Å². The number of hydrogen-bond acceptors (Lipinski definition) is 4. The zero-order chi connectivity index (χ0) is 12.4. The molecule has 0 aliphatic heterocycles. The molecule has 0 fully saturated rings. The predicted octanol–water partition coefficient (Wildman–Crippen LogP) is 3.48. The first-order valence-corrected chi connectivity index (χ1v) is 7.09. The van der Waals surface area contributed by atoms with Crippen molar-refractivity contribution in [3.8, 4) is 0 Å². The van der Waals surface area contributed by atoms with E-state index < -0.39 is 5.97 Å². The third kappa shape index (κ3) is 2.79. The Bertz CT molecular complexity index is 524. The van der Waals surface area contributed by atoms with E-state index in [2.05, 4.69) is 24.0 Å². The summed E-state index contributed by atoms with van der Waals surface area (Å²) in [4.78, 5) is 15.0. The summed E-state index contributed by atoms with van der Waals surface area (Å²) in [6, 6.07) is 4.17. The summed E-state index contributed by atoms with van der Waals surface area (Å²) < 4.78 is 2.17. The van der Waals surface area contributed by atoms with Gasteiger partial charge >= 0.3 is 5.97 Å². The maximum absolute atomic E-state index is 10.4. The minimum atomic E-state index is -0.758. The SMILES string of the molecule is Cc1ccc(C)c2sc(SCCC(=O)O)nc12. The van der Waals surface area contributed by atoms with Crippen LogP contribution in [0.3, 0.4) is 0 Å². The first kappa shape index (κ1) is 12.4. The highest BCUT2D eigenvalue weighted by molar-refractivity contribution is 8.01. The number of hydrogen-bond donors (Lipinski definition) is 1. The van der Waals surface area contributed by atoms with Crippen LogP contribution in [0.2, 0.25) is 0 Å². The quantitative estimate of drug-likeness (QED) is 0.862.